The Morgan fingerprint density at radius 1 is 1.14 bits per heavy atom. The standard InChI is InChI=1S/C21H36N4O3/c1-16(2)15-28-11-8-23-21(22-3)24-17-6-9-25(10-7-17)18-12-19(26-4)14-20(13-18)27-5/h12-14,16-17H,6-11,15H2,1-5H3,(H2,22,23,24). The van der Waals surface area contributed by atoms with E-state index in [9.17, 15) is 0 Å². The highest BCUT2D eigenvalue weighted by atomic mass is 16.5. The molecule has 1 heterocycles. The van der Waals surface area contributed by atoms with Crippen LogP contribution in [0.5, 0.6) is 11.5 Å². The summed E-state index contributed by atoms with van der Waals surface area (Å²) in [6.45, 7) is 8.50. The highest BCUT2D eigenvalue weighted by Gasteiger charge is 2.21. The van der Waals surface area contributed by atoms with Crippen molar-refractivity contribution in [2.45, 2.75) is 32.7 Å². The number of piperidine rings is 1. The minimum atomic E-state index is 0.409. The number of rotatable bonds is 9. The molecule has 0 saturated carbocycles. The van der Waals surface area contributed by atoms with Gasteiger partial charge in [0, 0.05) is 63.2 Å². The van der Waals surface area contributed by atoms with E-state index in [1.165, 1.54) is 0 Å². The van der Waals surface area contributed by atoms with Gasteiger partial charge in [0.05, 0.1) is 20.8 Å². The van der Waals surface area contributed by atoms with Gasteiger partial charge in [0.15, 0.2) is 5.96 Å². The van der Waals surface area contributed by atoms with Crippen molar-refractivity contribution in [2.75, 3.05) is 59.0 Å². The molecule has 7 nitrogen and oxygen atoms in total. The molecule has 0 bridgehead atoms. The third-order valence-electron chi connectivity index (χ3n) is 4.75. The van der Waals surface area contributed by atoms with Crippen molar-refractivity contribution in [3.05, 3.63) is 18.2 Å². The average Bonchev–Trinajstić information content (AvgIpc) is 2.72. The first-order chi connectivity index (χ1) is 13.5. The third kappa shape index (κ3) is 7.11. The lowest BCUT2D eigenvalue weighted by atomic mass is 10.0. The quantitative estimate of drug-likeness (QED) is 0.382. The van der Waals surface area contributed by atoms with Crippen LogP contribution in [0.3, 0.4) is 0 Å². The fourth-order valence-corrected chi connectivity index (χ4v) is 3.21. The van der Waals surface area contributed by atoms with Gasteiger partial charge in [-0.05, 0) is 18.8 Å². The van der Waals surface area contributed by atoms with E-state index in [0.717, 1.165) is 62.2 Å². The maximum absolute atomic E-state index is 5.61. The van der Waals surface area contributed by atoms with Crippen molar-refractivity contribution in [2.24, 2.45) is 10.9 Å². The molecule has 1 aromatic rings. The van der Waals surface area contributed by atoms with Gasteiger partial charge in [-0.15, -0.1) is 0 Å². The van der Waals surface area contributed by atoms with E-state index in [0.29, 0.717) is 18.6 Å². The van der Waals surface area contributed by atoms with E-state index in [1.807, 2.05) is 13.1 Å². The zero-order valence-electron chi connectivity index (χ0n) is 18.0. The Labute approximate surface area is 169 Å². The molecular formula is C21H36N4O3. The third-order valence-corrected chi connectivity index (χ3v) is 4.75. The van der Waals surface area contributed by atoms with Crippen LogP contribution < -0.4 is 25.0 Å². The fraction of sp³-hybridized carbons (Fsp3) is 0.667. The van der Waals surface area contributed by atoms with E-state index in [2.05, 4.69) is 46.5 Å². The van der Waals surface area contributed by atoms with Crippen molar-refractivity contribution < 1.29 is 14.2 Å². The molecular weight excluding hydrogens is 356 g/mol. The second-order valence-electron chi connectivity index (χ2n) is 7.44. The molecule has 0 unspecified atom stereocenters. The Balaban J connectivity index is 1.78. The van der Waals surface area contributed by atoms with Crippen LogP contribution in [-0.4, -0.2) is 66.1 Å². The summed E-state index contributed by atoms with van der Waals surface area (Å²) in [4.78, 5) is 6.70. The molecule has 1 aliphatic rings. The average molecular weight is 393 g/mol. The molecule has 158 valence electrons. The lowest BCUT2D eigenvalue weighted by Gasteiger charge is -2.34. The number of benzene rings is 1. The molecule has 0 spiro atoms. The van der Waals surface area contributed by atoms with E-state index in [4.69, 9.17) is 14.2 Å². The molecule has 2 N–H and O–H groups in total. The first-order valence-corrected chi connectivity index (χ1v) is 10.1. The Kier molecular flexibility index (Phi) is 9.20. The topological polar surface area (TPSA) is 67.4 Å². The number of aliphatic imine (C=N–C) groups is 1. The summed E-state index contributed by atoms with van der Waals surface area (Å²) in [7, 11) is 5.17. The van der Waals surface area contributed by atoms with Gasteiger partial charge in [-0.25, -0.2) is 0 Å². The van der Waals surface area contributed by atoms with Gasteiger partial charge in [0.25, 0.3) is 0 Å². The number of anilines is 1. The molecule has 2 rings (SSSR count). The SMILES string of the molecule is CN=C(NCCOCC(C)C)NC1CCN(c2cc(OC)cc(OC)c2)CC1. The largest absolute Gasteiger partial charge is 0.497 e. The molecule has 0 radical (unpaired) electrons. The molecule has 1 fully saturated rings. The molecule has 1 aromatic carbocycles. The van der Waals surface area contributed by atoms with Crippen LogP contribution in [0.25, 0.3) is 0 Å². The summed E-state index contributed by atoms with van der Waals surface area (Å²) in [5.74, 6) is 3.04. The zero-order chi connectivity index (χ0) is 20.4. The maximum atomic E-state index is 5.61. The summed E-state index contributed by atoms with van der Waals surface area (Å²) >= 11 is 0. The normalized spacial score (nSPS) is 15.6. The second-order valence-corrected chi connectivity index (χ2v) is 7.44. The molecule has 1 aliphatic heterocycles. The second kappa shape index (κ2) is 11.6. The number of nitrogens with one attached hydrogen (secondary N) is 2. The van der Waals surface area contributed by atoms with Crippen LogP contribution in [0.2, 0.25) is 0 Å². The predicted octanol–water partition coefficient (Wildman–Crippen LogP) is 2.51. The van der Waals surface area contributed by atoms with E-state index >= 15 is 0 Å². The summed E-state index contributed by atoms with van der Waals surface area (Å²) < 4.78 is 16.4. The van der Waals surface area contributed by atoms with E-state index in [1.54, 1.807) is 14.2 Å². The van der Waals surface area contributed by atoms with Gasteiger partial charge in [0.2, 0.25) is 0 Å². The number of hydrogen-bond acceptors (Lipinski definition) is 5. The highest BCUT2D eigenvalue weighted by molar-refractivity contribution is 5.80. The summed E-state index contributed by atoms with van der Waals surface area (Å²) in [5.41, 5.74) is 1.14. The molecule has 0 aliphatic carbocycles. The van der Waals surface area contributed by atoms with Gasteiger partial charge in [-0.3, -0.25) is 4.99 Å². The Morgan fingerprint density at radius 2 is 1.79 bits per heavy atom. The van der Waals surface area contributed by atoms with Crippen molar-refractivity contribution in [1.29, 1.82) is 0 Å². The minimum absolute atomic E-state index is 0.409. The Bertz CT molecular complexity index is 591. The van der Waals surface area contributed by atoms with Crippen LogP contribution in [0, 0.1) is 5.92 Å². The lowest BCUT2D eigenvalue weighted by Crippen LogP contribution is -2.49. The smallest absolute Gasteiger partial charge is 0.191 e. The van der Waals surface area contributed by atoms with Gasteiger partial charge >= 0.3 is 0 Å². The molecule has 7 heteroatoms. The van der Waals surface area contributed by atoms with Crippen LogP contribution in [0.4, 0.5) is 5.69 Å². The van der Waals surface area contributed by atoms with E-state index < -0.39 is 0 Å². The molecule has 28 heavy (non-hydrogen) atoms. The number of guanidine groups is 1. The number of nitrogens with zero attached hydrogens (tertiary/aromatic N) is 2. The number of hydrogen-bond donors (Lipinski definition) is 2. The van der Waals surface area contributed by atoms with Crippen molar-refractivity contribution in [1.82, 2.24) is 10.6 Å². The van der Waals surface area contributed by atoms with Gasteiger partial charge in [0.1, 0.15) is 11.5 Å². The summed E-state index contributed by atoms with van der Waals surface area (Å²) in [6.07, 6.45) is 2.09. The number of methoxy groups -OCH3 is 2. The highest BCUT2D eigenvalue weighted by Crippen LogP contribution is 2.30. The first kappa shape index (κ1) is 22.1. The molecule has 0 amide bonds. The molecule has 0 aromatic heterocycles. The van der Waals surface area contributed by atoms with E-state index in [-0.39, 0.29) is 0 Å². The Morgan fingerprint density at radius 3 is 2.32 bits per heavy atom. The lowest BCUT2D eigenvalue weighted by molar-refractivity contribution is 0.114. The van der Waals surface area contributed by atoms with Crippen LogP contribution in [0.15, 0.2) is 23.2 Å². The van der Waals surface area contributed by atoms with Gasteiger partial charge in [-0.1, -0.05) is 13.8 Å². The summed E-state index contributed by atoms with van der Waals surface area (Å²) in [6, 6.07) is 6.44. The minimum Gasteiger partial charge on any atom is -0.497 e. The van der Waals surface area contributed by atoms with Crippen LogP contribution in [-0.2, 0) is 4.74 Å². The molecule has 1 saturated heterocycles. The fourth-order valence-electron chi connectivity index (χ4n) is 3.21. The van der Waals surface area contributed by atoms with Crippen molar-refractivity contribution in [3.63, 3.8) is 0 Å². The first-order valence-electron chi connectivity index (χ1n) is 10.1. The molecule has 0 atom stereocenters. The maximum Gasteiger partial charge on any atom is 0.191 e. The zero-order valence-corrected chi connectivity index (χ0v) is 18.0. The number of ether oxygens (including phenoxy) is 3. The van der Waals surface area contributed by atoms with Gasteiger partial charge < -0.3 is 29.7 Å². The Hall–Kier alpha value is -2.15. The van der Waals surface area contributed by atoms with Gasteiger partial charge in [-0.2, -0.15) is 0 Å². The van der Waals surface area contributed by atoms with Crippen LogP contribution in [0.1, 0.15) is 26.7 Å². The van der Waals surface area contributed by atoms with Crippen molar-refractivity contribution >= 4 is 11.6 Å². The van der Waals surface area contributed by atoms with Crippen molar-refractivity contribution in [3.8, 4) is 11.5 Å². The monoisotopic (exact) mass is 392 g/mol. The summed E-state index contributed by atoms with van der Waals surface area (Å²) in [5, 5.41) is 6.86. The predicted molar refractivity (Wildman–Crippen MR) is 115 cm³/mol. The van der Waals surface area contributed by atoms with Crippen LogP contribution >= 0.6 is 0 Å².